The zero-order chi connectivity index (χ0) is 19.4. The Bertz CT molecular complexity index is 898. The molecule has 3 rings (SSSR count). The number of nitrogens with two attached hydrogens (primary N) is 1. The van der Waals surface area contributed by atoms with E-state index < -0.39 is 0 Å². The Morgan fingerprint density at radius 2 is 2.07 bits per heavy atom. The zero-order valence-electron chi connectivity index (χ0n) is 16.1. The SMILES string of the molecule is C/C=C\C=C(/C)CC1CCN(C(=O)c2cc3cc(C(=N)N)ccc3[nH]2)CC1. The number of H-pyrrole nitrogens is 1. The Hall–Kier alpha value is -2.82. The number of carbonyl (C=O) groups is 1. The average Bonchev–Trinajstić information content (AvgIpc) is 3.09. The molecule has 2 aromatic rings. The molecule has 2 heterocycles. The van der Waals surface area contributed by atoms with Crippen LogP contribution >= 0.6 is 0 Å². The van der Waals surface area contributed by atoms with Crippen LogP contribution in [-0.4, -0.2) is 34.7 Å². The molecule has 5 nitrogen and oxygen atoms in total. The van der Waals surface area contributed by atoms with Crippen LogP contribution in [0.25, 0.3) is 10.9 Å². The van der Waals surface area contributed by atoms with Crippen molar-refractivity contribution < 1.29 is 4.79 Å². The van der Waals surface area contributed by atoms with Crippen LogP contribution in [0.3, 0.4) is 0 Å². The molecular formula is C22H28N4O. The van der Waals surface area contributed by atoms with E-state index in [0.717, 1.165) is 43.3 Å². The van der Waals surface area contributed by atoms with Gasteiger partial charge in [-0.1, -0.05) is 23.8 Å². The van der Waals surface area contributed by atoms with Crippen molar-refractivity contribution >= 4 is 22.6 Å². The molecule has 1 amide bonds. The largest absolute Gasteiger partial charge is 0.384 e. The van der Waals surface area contributed by atoms with Crippen molar-refractivity contribution in [2.24, 2.45) is 11.7 Å². The fourth-order valence-electron chi connectivity index (χ4n) is 3.71. The number of likely N-dealkylation sites (tertiary alicyclic amines) is 1. The molecule has 27 heavy (non-hydrogen) atoms. The smallest absolute Gasteiger partial charge is 0.270 e. The van der Waals surface area contributed by atoms with Crippen LogP contribution < -0.4 is 5.73 Å². The summed E-state index contributed by atoms with van der Waals surface area (Å²) in [5.74, 6) is 0.735. The van der Waals surface area contributed by atoms with E-state index in [9.17, 15) is 4.79 Å². The van der Waals surface area contributed by atoms with Crippen LogP contribution in [0.4, 0.5) is 0 Å². The molecule has 0 aliphatic carbocycles. The van der Waals surface area contributed by atoms with Crippen LogP contribution in [-0.2, 0) is 0 Å². The molecule has 0 saturated carbocycles. The highest BCUT2D eigenvalue weighted by Crippen LogP contribution is 2.26. The minimum atomic E-state index is 0.0341. The van der Waals surface area contributed by atoms with E-state index in [-0.39, 0.29) is 11.7 Å². The highest BCUT2D eigenvalue weighted by atomic mass is 16.2. The number of hydrogen-bond acceptors (Lipinski definition) is 2. The highest BCUT2D eigenvalue weighted by molar-refractivity contribution is 6.02. The summed E-state index contributed by atoms with van der Waals surface area (Å²) in [7, 11) is 0. The van der Waals surface area contributed by atoms with Crippen molar-refractivity contribution in [3.63, 3.8) is 0 Å². The van der Waals surface area contributed by atoms with Gasteiger partial charge in [-0.05, 0) is 63.3 Å². The molecule has 1 aromatic carbocycles. The number of benzene rings is 1. The van der Waals surface area contributed by atoms with Crippen molar-refractivity contribution in [2.45, 2.75) is 33.1 Å². The summed E-state index contributed by atoms with van der Waals surface area (Å²) in [6, 6.07) is 7.37. The number of amidine groups is 1. The summed E-state index contributed by atoms with van der Waals surface area (Å²) in [6.45, 7) is 5.80. The van der Waals surface area contributed by atoms with Crippen LogP contribution in [0.5, 0.6) is 0 Å². The normalized spacial score (nSPS) is 16.4. The van der Waals surface area contributed by atoms with E-state index in [0.29, 0.717) is 17.2 Å². The van der Waals surface area contributed by atoms with Crippen molar-refractivity contribution in [2.75, 3.05) is 13.1 Å². The number of rotatable bonds is 5. The summed E-state index contributed by atoms with van der Waals surface area (Å²) in [4.78, 5) is 18.0. The number of fused-ring (bicyclic) bond motifs is 1. The van der Waals surface area contributed by atoms with Crippen molar-refractivity contribution in [3.05, 3.63) is 59.3 Å². The van der Waals surface area contributed by atoms with Crippen LogP contribution in [0.2, 0.25) is 0 Å². The number of aromatic amines is 1. The number of nitrogens with zero attached hydrogens (tertiary/aromatic N) is 1. The third-order valence-electron chi connectivity index (χ3n) is 5.25. The van der Waals surface area contributed by atoms with Crippen LogP contribution in [0.15, 0.2) is 48.1 Å². The molecular weight excluding hydrogens is 336 g/mol. The number of carbonyl (C=O) groups excluding carboxylic acids is 1. The second-order valence-corrected chi connectivity index (χ2v) is 7.38. The van der Waals surface area contributed by atoms with Crippen molar-refractivity contribution in [1.29, 1.82) is 5.41 Å². The number of aromatic nitrogens is 1. The molecule has 1 aromatic heterocycles. The number of nitrogens with one attached hydrogen (secondary N) is 2. The fraction of sp³-hybridized carbons (Fsp3) is 0.364. The predicted molar refractivity (Wildman–Crippen MR) is 111 cm³/mol. The molecule has 4 N–H and O–H groups in total. The van der Waals surface area contributed by atoms with Gasteiger partial charge in [0.1, 0.15) is 11.5 Å². The molecule has 0 radical (unpaired) electrons. The number of amides is 1. The first-order chi connectivity index (χ1) is 13.0. The Labute approximate surface area is 160 Å². The molecule has 142 valence electrons. The first kappa shape index (κ1) is 19.0. The van der Waals surface area contributed by atoms with Gasteiger partial charge >= 0.3 is 0 Å². The maximum atomic E-state index is 12.9. The maximum Gasteiger partial charge on any atom is 0.270 e. The molecule has 0 bridgehead atoms. The number of piperidine rings is 1. The Morgan fingerprint density at radius 3 is 2.74 bits per heavy atom. The number of nitrogen functional groups attached to an aromatic ring is 1. The Balaban J connectivity index is 1.64. The number of allylic oxidation sites excluding steroid dienone is 4. The molecule has 1 saturated heterocycles. The summed E-state index contributed by atoms with van der Waals surface area (Å²) in [6.07, 6.45) is 9.50. The third-order valence-corrected chi connectivity index (χ3v) is 5.25. The molecule has 5 heteroatoms. The minimum absolute atomic E-state index is 0.0341. The van der Waals surface area contributed by atoms with E-state index in [4.69, 9.17) is 11.1 Å². The van der Waals surface area contributed by atoms with Gasteiger partial charge < -0.3 is 15.6 Å². The summed E-state index contributed by atoms with van der Waals surface area (Å²) < 4.78 is 0. The number of hydrogen-bond donors (Lipinski definition) is 3. The molecule has 1 aliphatic heterocycles. The van der Waals surface area contributed by atoms with Gasteiger partial charge in [-0.25, -0.2) is 0 Å². The van der Waals surface area contributed by atoms with E-state index in [2.05, 4.69) is 24.1 Å². The lowest BCUT2D eigenvalue weighted by atomic mass is 9.90. The monoisotopic (exact) mass is 364 g/mol. The van der Waals surface area contributed by atoms with E-state index in [1.54, 1.807) is 6.07 Å². The van der Waals surface area contributed by atoms with Gasteiger partial charge in [0.2, 0.25) is 0 Å². The van der Waals surface area contributed by atoms with E-state index in [1.165, 1.54) is 5.57 Å². The summed E-state index contributed by atoms with van der Waals surface area (Å²) >= 11 is 0. The molecule has 1 fully saturated rings. The summed E-state index contributed by atoms with van der Waals surface area (Å²) in [5, 5.41) is 8.46. The first-order valence-electron chi connectivity index (χ1n) is 9.53. The van der Waals surface area contributed by atoms with Crippen molar-refractivity contribution in [3.8, 4) is 0 Å². The van der Waals surface area contributed by atoms with Gasteiger partial charge in [-0.2, -0.15) is 0 Å². The van der Waals surface area contributed by atoms with Gasteiger partial charge in [-0.15, -0.1) is 0 Å². The summed E-state index contributed by atoms with van der Waals surface area (Å²) in [5.41, 5.74) is 9.12. The predicted octanol–water partition coefficient (Wildman–Crippen LogP) is 4.22. The second-order valence-electron chi connectivity index (χ2n) is 7.38. The van der Waals surface area contributed by atoms with Gasteiger partial charge in [0.05, 0.1) is 0 Å². The fourth-order valence-corrected chi connectivity index (χ4v) is 3.71. The topological polar surface area (TPSA) is 86.0 Å². The Morgan fingerprint density at radius 1 is 1.33 bits per heavy atom. The van der Waals surface area contributed by atoms with Gasteiger partial charge in [-0.3, -0.25) is 10.2 Å². The lowest BCUT2D eigenvalue weighted by Gasteiger charge is -2.32. The first-order valence-corrected chi connectivity index (χ1v) is 9.53. The highest BCUT2D eigenvalue weighted by Gasteiger charge is 2.24. The quantitative estimate of drug-likeness (QED) is 0.421. The third kappa shape index (κ3) is 4.48. The maximum absolute atomic E-state index is 12.9. The zero-order valence-corrected chi connectivity index (χ0v) is 16.1. The minimum Gasteiger partial charge on any atom is -0.384 e. The van der Waals surface area contributed by atoms with Gasteiger partial charge in [0.15, 0.2) is 0 Å². The molecule has 0 spiro atoms. The van der Waals surface area contributed by atoms with Crippen LogP contribution in [0.1, 0.15) is 49.2 Å². The lowest BCUT2D eigenvalue weighted by molar-refractivity contribution is 0.0685. The van der Waals surface area contributed by atoms with Crippen LogP contribution in [0, 0.1) is 11.3 Å². The van der Waals surface area contributed by atoms with Crippen molar-refractivity contribution in [1.82, 2.24) is 9.88 Å². The van der Waals surface area contributed by atoms with Gasteiger partial charge in [0, 0.05) is 29.6 Å². The van der Waals surface area contributed by atoms with E-state index >= 15 is 0 Å². The van der Waals surface area contributed by atoms with E-state index in [1.807, 2.05) is 36.1 Å². The molecule has 0 atom stereocenters. The molecule has 1 aliphatic rings. The lowest BCUT2D eigenvalue weighted by Crippen LogP contribution is -2.38. The molecule has 0 unspecified atom stereocenters. The second kappa shape index (κ2) is 8.25. The standard InChI is InChI=1S/C22H28N4O/c1-3-4-5-15(2)12-16-8-10-26(11-9-16)22(27)20-14-18-13-17(21(23)24)6-7-19(18)25-20/h3-7,13-14,16,25H,8-12H2,1-2H3,(H3,23,24)/b4-3-,15-5+. The Kier molecular flexibility index (Phi) is 5.79. The van der Waals surface area contributed by atoms with Gasteiger partial charge in [0.25, 0.3) is 5.91 Å². The average molecular weight is 364 g/mol.